The maximum atomic E-state index is 11.9. The van der Waals surface area contributed by atoms with E-state index < -0.39 is 0 Å². The molecule has 1 aromatic heterocycles. The average molecular weight is 243 g/mol. The Morgan fingerprint density at radius 3 is 2.80 bits per heavy atom. The lowest BCUT2D eigenvalue weighted by Crippen LogP contribution is -2.30. The van der Waals surface area contributed by atoms with Crippen molar-refractivity contribution in [3.8, 4) is 6.07 Å². The van der Waals surface area contributed by atoms with Crippen molar-refractivity contribution in [1.82, 2.24) is 4.90 Å². The second kappa shape index (κ2) is 5.15. The molecule has 0 fully saturated rings. The molecule has 0 saturated carbocycles. The number of hydrogen-bond donors (Lipinski definition) is 0. The number of carbonyl (C=O) groups is 1. The molecule has 0 spiro atoms. The van der Waals surface area contributed by atoms with E-state index >= 15 is 0 Å². The van der Waals surface area contributed by atoms with Crippen LogP contribution in [0.4, 0.5) is 0 Å². The normalized spacial score (nSPS) is 9.73. The molecule has 15 heavy (non-hydrogen) atoms. The molecule has 0 radical (unpaired) electrons. The third-order valence-electron chi connectivity index (χ3n) is 2.02. The number of hydrogen-bond acceptors (Lipinski definition) is 3. The van der Waals surface area contributed by atoms with E-state index in [4.69, 9.17) is 16.9 Å². The molecule has 0 N–H and O–H groups in total. The lowest BCUT2D eigenvalue weighted by atomic mass is 10.3. The molecule has 1 aromatic rings. The Balaban J connectivity index is 2.93. The number of nitriles is 1. The van der Waals surface area contributed by atoms with Crippen molar-refractivity contribution in [2.45, 2.75) is 13.8 Å². The summed E-state index contributed by atoms with van der Waals surface area (Å²) in [6.07, 6.45) is 0. The van der Waals surface area contributed by atoms with Crippen molar-refractivity contribution in [1.29, 1.82) is 5.26 Å². The summed E-state index contributed by atoms with van der Waals surface area (Å²) in [4.78, 5) is 13.9. The number of nitrogens with zero attached hydrogens (tertiary/aromatic N) is 2. The summed E-state index contributed by atoms with van der Waals surface area (Å²) >= 11 is 7.31. The lowest BCUT2D eigenvalue weighted by molar-refractivity contribution is 0.0789. The third-order valence-corrected chi connectivity index (χ3v) is 3.71. The van der Waals surface area contributed by atoms with Crippen LogP contribution in [0, 0.1) is 18.3 Å². The van der Waals surface area contributed by atoms with Gasteiger partial charge in [-0.15, -0.1) is 11.3 Å². The number of halogens is 1. The van der Waals surface area contributed by atoms with Crippen molar-refractivity contribution >= 4 is 28.8 Å². The predicted octanol–water partition coefficient (Wildman–Crippen LogP) is 2.70. The van der Waals surface area contributed by atoms with E-state index in [2.05, 4.69) is 0 Å². The number of aryl methyl sites for hydroxylation is 1. The molecule has 1 rings (SSSR count). The van der Waals surface area contributed by atoms with Crippen LogP contribution in [0.25, 0.3) is 0 Å². The molecule has 80 valence electrons. The minimum Gasteiger partial charge on any atom is -0.325 e. The van der Waals surface area contributed by atoms with Gasteiger partial charge < -0.3 is 4.90 Å². The number of rotatable bonds is 3. The van der Waals surface area contributed by atoms with Gasteiger partial charge in [0.1, 0.15) is 11.4 Å². The second-order valence-electron chi connectivity index (χ2n) is 3.04. The van der Waals surface area contributed by atoms with Crippen molar-refractivity contribution in [3.63, 3.8) is 0 Å². The minimum atomic E-state index is -0.165. The summed E-state index contributed by atoms with van der Waals surface area (Å²) in [5, 5.41) is 10.9. The summed E-state index contributed by atoms with van der Waals surface area (Å²) in [6, 6.07) is 1.96. The summed E-state index contributed by atoms with van der Waals surface area (Å²) in [5.74, 6) is -0.165. The first-order chi connectivity index (χ1) is 7.11. The fourth-order valence-corrected chi connectivity index (χ4v) is 2.37. The molecular weight excluding hydrogens is 232 g/mol. The first-order valence-electron chi connectivity index (χ1n) is 4.51. The van der Waals surface area contributed by atoms with Gasteiger partial charge >= 0.3 is 0 Å². The SMILES string of the molecule is CCN(CC#N)C(=O)c1scc(C)c1Cl. The Morgan fingerprint density at radius 1 is 1.73 bits per heavy atom. The van der Waals surface area contributed by atoms with E-state index in [1.807, 2.05) is 25.3 Å². The van der Waals surface area contributed by atoms with Gasteiger partial charge in [-0.2, -0.15) is 5.26 Å². The zero-order valence-electron chi connectivity index (χ0n) is 8.58. The molecule has 0 aliphatic carbocycles. The first-order valence-corrected chi connectivity index (χ1v) is 5.77. The van der Waals surface area contributed by atoms with Crippen LogP contribution in [0.1, 0.15) is 22.2 Å². The van der Waals surface area contributed by atoms with Crippen molar-refractivity contribution in [3.05, 3.63) is 20.8 Å². The standard InChI is InChI=1S/C10H11ClN2OS/c1-3-13(5-4-12)10(14)9-8(11)7(2)6-15-9/h6H,3,5H2,1-2H3. The monoisotopic (exact) mass is 242 g/mol. The number of amides is 1. The van der Waals surface area contributed by atoms with Gasteiger partial charge in [0, 0.05) is 6.54 Å². The van der Waals surface area contributed by atoms with Gasteiger partial charge in [-0.05, 0) is 24.8 Å². The summed E-state index contributed by atoms with van der Waals surface area (Å²) in [7, 11) is 0. The van der Waals surface area contributed by atoms with Crippen molar-refractivity contribution in [2.24, 2.45) is 0 Å². The van der Waals surface area contributed by atoms with Gasteiger partial charge in [0.15, 0.2) is 0 Å². The summed E-state index contributed by atoms with van der Waals surface area (Å²) < 4.78 is 0. The zero-order chi connectivity index (χ0) is 11.4. The van der Waals surface area contributed by atoms with Crippen LogP contribution in [0.15, 0.2) is 5.38 Å². The molecule has 0 saturated heterocycles. The fraction of sp³-hybridized carbons (Fsp3) is 0.400. The van der Waals surface area contributed by atoms with Crippen LogP contribution >= 0.6 is 22.9 Å². The minimum absolute atomic E-state index is 0.0998. The van der Waals surface area contributed by atoms with Gasteiger partial charge in [-0.3, -0.25) is 4.79 Å². The van der Waals surface area contributed by atoms with Crippen LogP contribution < -0.4 is 0 Å². The van der Waals surface area contributed by atoms with E-state index in [0.717, 1.165) is 5.56 Å². The maximum Gasteiger partial charge on any atom is 0.266 e. The Labute approximate surface area is 97.9 Å². The highest BCUT2D eigenvalue weighted by Gasteiger charge is 2.19. The first kappa shape index (κ1) is 12.0. The van der Waals surface area contributed by atoms with Crippen LogP contribution in [0.2, 0.25) is 5.02 Å². The van der Waals surface area contributed by atoms with E-state index in [9.17, 15) is 4.79 Å². The van der Waals surface area contributed by atoms with Crippen LogP contribution in [0.5, 0.6) is 0 Å². The molecular formula is C10H11ClN2OS. The Morgan fingerprint density at radius 2 is 2.40 bits per heavy atom. The maximum absolute atomic E-state index is 11.9. The molecule has 5 heteroatoms. The van der Waals surface area contributed by atoms with Crippen LogP contribution in [-0.4, -0.2) is 23.9 Å². The Bertz CT molecular complexity index is 408. The van der Waals surface area contributed by atoms with Gasteiger partial charge in [-0.1, -0.05) is 11.6 Å². The van der Waals surface area contributed by atoms with Gasteiger partial charge in [-0.25, -0.2) is 0 Å². The lowest BCUT2D eigenvalue weighted by Gasteiger charge is -2.16. The number of thiophene rings is 1. The van der Waals surface area contributed by atoms with Crippen LogP contribution in [-0.2, 0) is 0 Å². The Hall–Kier alpha value is -1.05. The van der Waals surface area contributed by atoms with E-state index in [0.29, 0.717) is 16.4 Å². The highest BCUT2D eigenvalue weighted by Crippen LogP contribution is 2.28. The van der Waals surface area contributed by atoms with Gasteiger partial charge in [0.2, 0.25) is 0 Å². The van der Waals surface area contributed by atoms with Crippen LogP contribution in [0.3, 0.4) is 0 Å². The summed E-state index contributed by atoms with van der Waals surface area (Å²) in [6.45, 7) is 4.31. The molecule has 0 unspecified atom stereocenters. The van der Waals surface area contributed by atoms with Crippen molar-refractivity contribution in [2.75, 3.05) is 13.1 Å². The van der Waals surface area contributed by atoms with E-state index in [-0.39, 0.29) is 12.5 Å². The topological polar surface area (TPSA) is 44.1 Å². The summed E-state index contributed by atoms with van der Waals surface area (Å²) in [5.41, 5.74) is 0.901. The zero-order valence-corrected chi connectivity index (χ0v) is 10.2. The smallest absolute Gasteiger partial charge is 0.266 e. The van der Waals surface area contributed by atoms with E-state index in [1.165, 1.54) is 16.2 Å². The fourth-order valence-electron chi connectivity index (χ4n) is 1.13. The highest BCUT2D eigenvalue weighted by molar-refractivity contribution is 7.13. The van der Waals surface area contributed by atoms with Gasteiger partial charge in [0.05, 0.1) is 11.1 Å². The molecule has 0 aliphatic rings. The third kappa shape index (κ3) is 2.49. The van der Waals surface area contributed by atoms with Gasteiger partial charge in [0.25, 0.3) is 5.91 Å². The molecule has 3 nitrogen and oxygen atoms in total. The quantitative estimate of drug-likeness (QED) is 0.765. The molecule has 0 bridgehead atoms. The predicted molar refractivity (Wildman–Crippen MR) is 61.3 cm³/mol. The molecule has 1 heterocycles. The molecule has 0 aromatic carbocycles. The van der Waals surface area contributed by atoms with Crippen molar-refractivity contribution < 1.29 is 4.79 Å². The largest absolute Gasteiger partial charge is 0.325 e. The number of carbonyl (C=O) groups excluding carboxylic acids is 1. The molecule has 0 atom stereocenters. The van der Waals surface area contributed by atoms with E-state index in [1.54, 1.807) is 0 Å². The molecule has 0 aliphatic heterocycles. The molecule has 1 amide bonds. The second-order valence-corrected chi connectivity index (χ2v) is 4.30. The average Bonchev–Trinajstić information content (AvgIpc) is 2.55. The Kier molecular flexibility index (Phi) is 4.13. The highest BCUT2D eigenvalue weighted by atomic mass is 35.5.